The lowest BCUT2D eigenvalue weighted by Crippen LogP contribution is -2.13. The van der Waals surface area contributed by atoms with Crippen molar-refractivity contribution in [2.75, 3.05) is 7.11 Å². The van der Waals surface area contributed by atoms with Gasteiger partial charge in [-0.2, -0.15) is 0 Å². The zero-order valence-corrected chi connectivity index (χ0v) is 12.5. The second-order valence-electron chi connectivity index (χ2n) is 4.03. The Hall–Kier alpha value is -1.10. The maximum Gasteiger partial charge on any atom is 0.124 e. The second kappa shape index (κ2) is 5.90. The van der Waals surface area contributed by atoms with Crippen molar-refractivity contribution >= 4 is 27.5 Å². The highest BCUT2D eigenvalue weighted by atomic mass is 79.9. The second-order valence-corrected chi connectivity index (χ2v) is 5.29. The number of halogens is 3. The summed E-state index contributed by atoms with van der Waals surface area (Å²) in [7, 11) is 1.60. The minimum absolute atomic E-state index is 0.315. The zero-order valence-electron chi connectivity index (χ0n) is 10.2. The summed E-state index contributed by atoms with van der Waals surface area (Å²) in [6, 6.07) is 9.26. The van der Waals surface area contributed by atoms with Crippen molar-refractivity contribution in [1.29, 1.82) is 0 Å². The Morgan fingerprint density at radius 1 is 1.21 bits per heavy atom. The molecule has 0 aliphatic carbocycles. The SMILES string of the molecule is COc1ccc(C(N)c2ccc(F)cc2Cl)c(Br)c1. The Balaban J connectivity index is 2.41. The average Bonchev–Trinajstić information content (AvgIpc) is 2.37. The first kappa shape index (κ1) is 14.3. The molecular formula is C14H12BrClFNO. The molecule has 1 unspecified atom stereocenters. The zero-order chi connectivity index (χ0) is 14.0. The van der Waals surface area contributed by atoms with Crippen LogP contribution in [0.2, 0.25) is 5.02 Å². The van der Waals surface area contributed by atoms with Crippen molar-refractivity contribution in [2.24, 2.45) is 5.73 Å². The lowest BCUT2D eigenvalue weighted by Gasteiger charge is -2.16. The summed E-state index contributed by atoms with van der Waals surface area (Å²) in [5, 5.41) is 0.315. The summed E-state index contributed by atoms with van der Waals surface area (Å²) in [5.74, 6) is 0.350. The Morgan fingerprint density at radius 3 is 2.47 bits per heavy atom. The molecule has 2 nitrogen and oxygen atoms in total. The molecule has 0 aliphatic rings. The Morgan fingerprint density at radius 2 is 1.89 bits per heavy atom. The van der Waals surface area contributed by atoms with E-state index in [0.29, 0.717) is 10.6 Å². The van der Waals surface area contributed by atoms with Gasteiger partial charge in [-0.15, -0.1) is 0 Å². The van der Waals surface area contributed by atoms with Gasteiger partial charge in [0.2, 0.25) is 0 Å². The van der Waals surface area contributed by atoms with E-state index in [-0.39, 0.29) is 5.82 Å². The molecule has 0 amide bonds. The summed E-state index contributed by atoms with van der Waals surface area (Å²) in [6.45, 7) is 0. The van der Waals surface area contributed by atoms with Crippen molar-refractivity contribution in [3.05, 3.63) is 62.8 Å². The largest absolute Gasteiger partial charge is 0.497 e. The lowest BCUT2D eigenvalue weighted by molar-refractivity contribution is 0.414. The minimum atomic E-state index is -0.437. The van der Waals surface area contributed by atoms with Gasteiger partial charge in [-0.25, -0.2) is 4.39 Å². The highest BCUT2D eigenvalue weighted by molar-refractivity contribution is 9.10. The number of rotatable bonds is 3. The summed E-state index contributed by atoms with van der Waals surface area (Å²) >= 11 is 9.47. The van der Waals surface area contributed by atoms with Crippen molar-refractivity contribution in [3.8, 4) is 5.75 Å². The number of ether oxygens (including phenoxy) is 1. The number of nitrogens with two attached hydrogens (primary N) is 1. The molecule has 0 bridgehead atoms. The molecule has 0 aromatic heterocycles. The molecular weight excluding hydrogens is 333 g/mol. The Bertz CT molecular complexity index is 606. The van der Waals surface area contributed by atoms with E-state index in [1.54, 1.807) is 13.2 Å². The van der Waals surface area contributed by atoms with Gasteiger partial charge in [-0.05, 0) is 35.4 Å². The van der Waals surface area contributed by atoms with E-state index in [1.807, 2.05) is 18.2 Å². The topological polar surface area (TPSA) is 35.2 Å². The fourth-order valence-corrected chi connectivity index (χ4v) is 2.70. The van der Waals surface area contributed by atoms with Gasteiger partial charge in [0.05, 0.1) is 13.2 Å². The Kier molecular flexibility index (Phi) is 4.45. The summed E-state index contributed by atoms with van der Waals surface area (Å²) in [4.78, 5) is 0. The molecule has 1 atom stereocenters. The van der Waals surface area contributed by atoms with Crippen molar-refractivity contribution in [2.45, 2.75) is 6.04 Å². The molecule has 0 heterocycles. The summed E-state index contributed by atoms with van der Waals surface area (Å²) < 4.78 is 19.0. The average molecular weight is 345 g/mol. The van der Waals surface area contributed by atoms with E-state index in [9.17, 15) is 4.39 Å². The van der Waals surface area contributed by atoms with Crippen LogP contribution in [0.3, 0.4) is 0 Å². The smallest absolute Gasteiger partial charge is 0.124 e. The molecule has 2 N–H and O–H groups in total. The first-order chi connectivity index (χ1) is 9.02. The fraction of sp³-hybridized carbons (Fsp3) is 0.143. The van der Waals surface area contributed by atoms with E-state index in [4.69, 9.17) is 22.1 Å². The van der Waals surface area contributed by atoms with E-state index < -0.39 is 6.04 Å². The third kappa shape index (κ3) is 3.08. The van der Waals surface area contributed by atoms with Gasteiger partial charge in [0.1, 0.15) is 11.6 Å². The lowest BCUT2D eigenvalue weighted by atomic mass is 9.99. The third-order valence-electron chi connectivity index (χ3n) is 2.84. The van der Waals surface area contributed by atoms with Gasteiger partial charge in [-0.1, -0.05) is 39.7 Å². The summed E-state index contributed by atoms with van der Waals surface area (Å²) in [6.07, 6.45) is 0. The van der Waals surface area contributed by atoms with Gasteiger partial charge in [0.15, 0.2) is 0 Å². The standard InChI is InChI=1S/C14H12BrClFNO/c1-19-9-3-5-10(12(15)7-9)14(18)11-4-2-8(17)6-13(11)16/h2-7,14H,18H2,1H3. The van der Waals surface area contributed by atoms with Gasteiger partial charge < -0.3 is 10.5 Å². The third-order valence-corrected chi connectivity index (χ3v) is 3.85. The van der Waals surface area contributed by atoms with Crippen LogP contribution in [0, 0.1) is 5.82 Å². The van der Waals surface area contributed by atoms with Crippen LogP contribution in [0.25, 0.3) is 0 Å². The van der Waals surface area contributed by atoms with E-state index in [1.165, 1.54) is 12.1 Å². The normalized spacial score (nSPS) is 12.3. The monoisotopic (exact) mass is 343 g/mol. The van der Waals surface area contributed by atoms with Crippen LogP contribution in [0.15, 0.2) is 40.9 Å². The quantitative estimate of drug-likeness (QED) is 0.901. The van der Waals surface area contributed by atoms with Gasteiger partial charge in [-0.3, -0.25) is 0 Å². The highest BCUT2D eigenvalue weighted by Gasteiger charge is 2.16. The fourth-order valence-electron chi connectivity index (χ4n) is 1.81. The molecule has 0 aliphatic heterocycles. The van der Waals surface area contributed by atoms with Crippen molar-refractivity contribution in [3.63, 3.8) is 0 Å². The predicted octanol–water partition coefficient (Wildman–Crippen LogP) is 4.30. The highest BCUT2D eigenvalue weighted by Crippen LogP contribution is 2.33. The van der Waals surface area contributed by atoms with Crippen molar-refractivity contribution in [1.82, 2.24) is 0 Å². The van der Waals surface area contributed by atoms with Gasteiger partial charge in [0.25, 0.3) is 0 Å². The molecule has 19 heavy (non-hydrogen) atoms. The maximum absolute atomic E-state index is 13.0. The first-order valence-electron chi connectivity index (χ1n) is 5.57. The Labute approximate surface area is 124 Å². The van der Waals surface area contributed by atoms with Crippen LogP contribution in [0.5, 0.6) is 5.75 Å². The van der Waals surface area contributed by atoms with Crippen LogP contribution < -0.4 is 10.5 Å². The van der Waals surface area contributed by atoms with Crippen molar-refractivity contribution < 1.29 is 9.13 Å². The molecule has 2 aromatic rings. The molecule has 2 aromatic carbocycles. The number of hydrogen-bond acceptors (Lipinski definition) is 2. The number of benzene rings is 2. The molecule has 0 saturated heterocycles. The van der Waals surface area contributed by atoms with Crippen LogP contribution in [-0.2, 0) is 0 Å². The molecule has 2 rings (SSSR count). The van der Waals surface area contributed by atoms with E-state index in [0.717, 1.165) is 15.8 Å². The van der Waals surface area contributed by atoms with Gasteiger partial charge >= 0.3 is 0 Å². The first-order valence-corrected chi connectivity index (χ1v) is 6.74. The molecule has 0 radical (unpaired) electrons. The molecule has 0 fully saturated rings. The van der Waals surface area contributed by atoms with Crippen LogP contribution in [-0.4, -0.2) is 7.11 Å². The molecule has 100 valence electrons. The molecule has 0 spiro atoms. The molecule has 5 heteroatoms. The van der Waals surface area contributed by atoms with Gasteiger partial charge in [0, 0.05) is 9.50 Å². The van der Waals surface area contributed by atoms with Crippen LogP contribution in [0.1, 0.15) is 17.2 Å². The van der Waals surface area contributed by atoms with Crippen LogP contribution in [0.4, 0.5) is 4.39 Å². The number of methoxy groups -OCH3 is 1. The van der Waals surface area contributed by atoms with E-state index >= 15 is 0 Å². The van der Waals surface area contributed by atoms with E-state index in [2.05, 4.69) is 15.9 Å². The maximum atomic E-state index is 13.0. The van der Waals surface area contributed by atoms with Crippen LogP contribution >= 0.6 is 27.5 Å². The molecule has 0 saturated carbocycles. The number of hydrogen-bond donors (Lipinski definition) is 1. The minimum Gasteiger partial charge on any atom is -0.497 e. The predicted molar refractivity (Wildman–Crippen MR) is 78.1 cm³/mol. The summed E-state index contributed by atoms with van der Waals surface area (Å²) in [5.41, 5.74) is 7.71.